The molecule has 1 saturated heterocycles. The summed E-state index contributed by atoms with van der Waals surface area (Å²) in [5.41, 5.74) is 0.233. The Balaban J connectivity index is 1.71. The number of carbonyl (C=O) groups is 1. The molecule has 0 aliphatic carbocycles. The summed E-state index contributed by atoms with van der Waals surface area (Å²) in [6.07, 6.45) is 1.30. The number of phenols is 2. The lowest BCUT2D eigenvalue weighted by atomic mass is 10.1. The van der Waals surface area contributed by atoms with Crippen molar-refractivity contribution in [2.45, 2.75) is 0 Å². The number of aromatic nitrogens is 2. The summed E-state index contributed by atoms with van der Waals surface area (Å²) >= 11 is 1.21. The lowest BCUT2D eigenvalue weighted by Gasteiger charge is -2.25. The number of hydrogen-bond donors (Lipinski definition) is 3. The number of nitrogens with one attached hydrogen (secondary N) is 1. The van der Waals surface area contributed by atoms with Crippen LogP contribution in [0.1, 0.15) is 5.56 Å². The van der Waals surface area contributed by atoms with Gasteiger partial charge in [0.25, 0.3) is 5.91 Å². The van der Waals surface area contributed by atoms with Crippen LogP contribution in [-0.2, 0) is 9.53 Å². The monoisotopic (exact) mass is 373 g/mol. The number of anilines is 2. The normalized spacial score (nSPS) is 14.7. The summed E-state index contributed by atoms with van der Waals surface area (Å²) in [6, 6.07) is 5.81. The van der Waals surface area contributed by atoms with Gasteiger partial charge >= 0.3 is 0 Å². The fourth-order valence-corrected chi connectivity index (χ4v) is 3.05. The molecule has 26 heavy (non-hydrogen) atoms. The van der Waals surface area contributed by atoms with Crippen LogP contribution >= 0.6 is 11.3 Å². The molecule has 1 aliphatic heterocycles. The number of amides is 1. The van der Waals surface area contributed by atoms with E-state index in [2.05, 4.69) is 15.5 Å². The molecule has 0 spiro atoms. The van der Waals surface area contributed by atoms with Crippen LogP contribution in [0.4, 0.5) is 10.3 Å². The average Bonchev–Trinajstić information content (AvgIpc) is 3.11. The summed E-state index contributed by atoms with van der Waals surface area (Å²) < 4.78 is 5.28. The highest BCUT2D eigenvalue weighted by atomic mass is 32.1. The number of nitriles is 1. The molecule has 1 fully saturated rings. The van der Waals surface area contributed by atoms with Crippen molar-refractivity contribution < 1.29 is 19.7 Å². The first-order valence-electron chi connectivity index (χ1n) is 7.68. The van der Waals surface area contributed by atoms with Gasteiger partial charge in [-0.15, -0.1) is 10.2 Å². The second-order valence-corrected chi connectivity index (χ2v) is 6.32. The second kappa shape index (κ2) is 7.81. The van der Waals surface area contributed by atoms with E-state index >= 15 is 0 Å². The van der Waals surface area contributed by atoms with Gasteiger partial charge in [-0.25, -0.2) is 0 Å². The van der Waals surface area contributed by atoms with E-state index < -0.39 is 5.91 Å². The molecule has 0 bridgehead atoms. The predicted octanol–water partition coefficient (Wildman–Crippen LogP) is 1.33. The van der Waals surface area contributed by atoms with Crippen molar-refractivity contribution in [3.63, 3.8) is 0 Å². The van der Waals surface area contributed by atoms with Crippen LogP contribution in [-0.4, -0.2) is 52.6 Å². The van der Waals surface area contributed by atoms with Gasteiger partial charge in [0.15, 0.2) is 11.5 Å². The van der Waals surface area contributed by atoms with Crippen LogP contribution < -0.4 is 10.2 Å². The molecule has 10 heteroatoms. The van der Waals surface area contributed by atoms with E-state index in [9.17, 15) is 20.3 Å². The van der Waals surface area contributed by atoms with Gasteiger partial charge < -0.3 is 19.8 Å². The van der Waals surface area contributed by atoms with Crippen molar-refractivity contribution in [1.82, 2.24) is 10.2 Å². The van der Waals surface area contributed by atoms with Gasteiger partial charge in [-0.3, -0.25) is 10.1 Å². The van der Waals surface area contributed by atoms with Crippen LogP contribution in [0.15, 0.2) is 23.8 Å². The third-order valence-corrected chi connectivity index (χ3v) is 4.49. The summed E-state index contributed by atoms with van der Waals surface area (Å²) in [5.74, 6) is -1.25. The smallest absolute Gasteiger partial charge is 0.268 e. The topological polar surface area (TPSA) is 132 Å². The Morgan fingerprint density at radius 3 is 2.77 bits per heavy atom. The van der Waals surface area contributed by atoms with Crippen LogP contribution in [0.2, 0.25) is 0 Å². The molecule has 1 aliphatic rings. The maximum atomic E-state index is 12.3. The van der Waals surface area contributed by atoms with Gasteiger partial charge in [0.05, 0.1) is 13.2 Å². The van der Waals surface area contributed by atoms with Gasteiger partial charge in [0.2, 0.25) is 10.3 Å². The van der Waals surface area contributed by atoms with E-state index in [1.807, 2.05) is 11.0 Å². The summed E-state index contributed by atoms with van der Waals surface area (Å²) in [5, 5.41) is 39.5. The number of nitrogens with zero attached hydrogens (tertiary/aromatic N) is 4. The molecule has 0 radical (unpaired) electrons. The lowest BCUT2D eigenvalue weighted by molar-refractivity contribution is -0.112. The fraction of sp³-hybridized carbons (Fsp3) is 0.250. The van der Waals surface area contributed by atoms with Crippen LogP contribution in [0, 0.1) is 11.3 Å². The maximum Gasteiger partial charge on any atom is 0.268 e. The zero-order valence-corrected chi connectivity index (χ0v) is 14.4. The van der Waals surface area contributed by atoms with E-state index in [4.69, 9.17) is 4.74 Å². The third-order valence-electron chi connectivity index (χ3n) is 3.59. The highest BCUT2D eigenvalue weighted by Gasteiger charge is 2.18. The molecule has 3 rings (SSSR count). The molecule has 1 amide bonds. The molecule has 0 unspecified atom stereocenters. The second-order valence-electron chi connectivity index (χ2n) is 5.36. The van der Waals surface area contributed by atoms with E-state index in [0.717, 1.165) is 0 Å². The van der Waals surface area contributed by atoms with E-state index in [1.54, 1.807) is 0 Å². The highest BCUT2D eigenvalue weighted by molar-refractivity contribution is 7.19. The lowest BCUT2D eigenvalue weighted by Crippen LogP contribution is -2.36. The van der Waals surface area contributed by atoms with Gasteiger partial charge in [-0.05, 0) is 23.8 Å². The number of hydrogen-bond acceptors (Lipinski definition) is 9. The van der Waals surface area contributed by atoms with Gasteiger partial charge in [-0.1, -0.05) is 17.4 Å². The fourth-order valence-electron chi connectivity index (χ4n) is 2.26. The Bertz CT molecular complexity index is 883. The number of phenolic OH excluding ortho intramolecular Hbond substituents is 2. The first kappa shape index (κ1) is 17.7. The quantitative estimate of drug-likeness (QED) is 0.415. The first-order chi connectivity index (χ1) is 12.6. The highest BCUT2D eigenvalue weighted by Crippen LogP contribution is 2.27. The van der Waals surface area contributed by atoms with Crippen molar-refractivity contribution in [2.24, 2.45) is 0 Å². The number of morpholine rings is 1. The van der Waals surface area contributed by atoms with Crippen molar-refractivity contribution in [3.8, 4) is 17.6 Å². The summed E-state index contributed by atoms with van der Waals surface area (Å²) in [7, 11) is 0. The Hall–Kier alpha value is -3.16. The zero-order valence-electron chi connectivity index (χ0n) is 13.5. The molecule has 134 valence electrons. The van der Waals surface area contributed by atoms with E-state index in [-0.39, 0.29) is 22.2 Å². The van der Waals surface area contributed by atoms with Gasteiger partial charge in [-0.2, -0.15) is 5.26 Å². The molecule has 3 N–H and O–H groups in total. The first-order valence-corrected chi connectivity index (χ1v) is 8.50. The van der Waals surface area contributed by atoms with Crippen LogP contribution in [0.25, 0.3) is 6.08 Å². The average molecular weight is 373 g/mol. The minimum absolute atomic E-state index is 0.168. The number of benzene rings is 1. The molecule has 2 aromatic rings. The Labute approximate surface area is 152 Å². The predicted molar refractivity (Wildman–Crippen MR) is 94.9 cm³/mol. The van der Waals surface area contributed by atoms with Gasteiger partial charge in [0.1, 0.15) is 11.6 Å². The Morgan fingerprint density at radius 1 is 1.31 bits per heavy atom. The summed E-state index contributed by atoms with van der Waals surface area (Å²) in [4.78, 5) is 14.3. The molecule has 9 nitrogen and oxygen atoms in total. The molecular formula is C16H15N5O4S. The number of rotatable bonds is 4. The minimum atomic E-state index is -0.634. The number of ether oxygens (including phenoxy) is 1. The van der Waals surface area contributed by atoms with Crippen molar-refractivity contribution in [3.05, 3.63) is 29.3 Å². The molecule has 0 atom stereocenters. The Kier molecular flexibility index (Phi) is 5.31. The number of carbonyl (C=O) groups excluding carboxylic acids is 1. The standard InChI is InChI=1S/C16H15N5O4S/c17-9-11(7-10-1-2-12(22)13(23)8-10)14(24)18-15-19-20-16(26-15)21-3-5-25-6-4-21/h1-2,7-8,22-23H,3-6H2,(H,18,19,24)/b11-7-. The van der Waals surface area contributed by atoms with Crippen LogP contribution in [0.3, 0.4) is 0 Å². The van der Waals surface area contributed by atoms with Crippen molar-refractivity contribution >= 4 is 33.6 Å². The molecule has 1 aromatic heterocycles. The van der Waals surface area contributed by atoms with Gasteiger partial charge in [0, 0.05) is 13.1 Å². The summed E-state index contributed by atoms with van der Waals surface area (Å²) in [6.45, 7) is 2.64. The number of aromatic hydroxyl groups is 2. The SMILES string of the molecule is N#C/C(=C/c1ccc(O)c(O)c1)C(=O)Nc1nnc(N2CCOCC2)s1. The van der Waals surface area contributed by atoms with Crippen molar-refractivity contribution in [1.29, 1.82) is 5.26 Å². The molecule has 0 saturated carbocycles. The molecule has 2 heterocycles. The van der Waals surface area contributed by atoms with E-state index in [1.165, 1.54) is 35.6 Å². The van der Waals surface area contributed by atoms with E-state index in [0.29, 0.717) is 37.0 Å². The van der Waals surface area contributed by atoms with Crippen LogP contribution in [0.5, 0.6) is 11.5 Å². The zero-order chi connectivity index (χ0) is 18.5. The molecule has 1 aromatic carbocycles. The Morgan fingerprint density at radius 2 is 2.08 bits per heavy atom. The van der Waals surface area contributed by atoms with Crippen molar-refractivity contribution in [2.75, 3.05) is 36.5 Å². The minimum Gasteiger partial charge on any atom is -0.504 e. The maximum absolute atomic E-state index is 12.3. The largest absolute Gasteiger partial charge is 0.504 e. The third kappa shape index (κ3) is 4.08. The molecular weight excluding hydrogens is 358 g/mol.